The van der Waals surface area contributed by atoms with Crippen LogP contribution in [0.5, 0.6) is 0 Å². The number of Topliss-reactive ketones (excluding diaryl/α,β-unsaturated/α-hetero) is 1. The fourth-order valence-corrected chi connectivity index (χ4v) is 2.12. The molecule has 94 valence electrons. The highest BCUT2D eigenvalue weighted by atomic mass is 16.1. The first-order valence-electron chi connectivity index (χ1n) is 6.54. The van der Waals surface area contributed by atoms with Crippen molar-refractivity contribution in [3.05, 3.63) is 35.4 Å². The highest BCUT2D eigenvalue weighted by molar-refractivity contribution is 5.97. The van der Waals surface area contributed by atoms with Crippen molar-refractivity contribution in [2.45, 2.75) is 39.5 Å². The van der Waals surface area contributed by atoms with E-state index in [1.807, 2.05) is 24.3 Å². The summed E-state index contributed by atoms with van der Waals surface area (Å²) in [5.74, 6) is 0.774. The number of carbonyl (C=O) groups excluding carboxylic acids is 1. The fourth-order valence-electron chi connectivity index (χ4n) is 2.12. The van der Waals surface area contributed by atoms with Crippen LogP contribution in [0.3, 0.4) is 0 Å². The highest BCUT2D eigenvalue weighted by Crippen LogP contribution is 2.18. The maximum absolute atomic E-state index is 12.2. The van der Waals surface area contributed by atoms with Gasteiger partial charge in [0.2, 0.25) is 0 Å². The van der Waals surface area contributed by atoms with E-state index < -0.39 is 0 Å². The number of nitrogens with two attached hydrogens (primary N) is 1. The Bertz CT molecular complexity index is 356. The van der Waals surface area contributed by atoms with Crippen molar-refractivity contribution in [2.75, 3.05) is 6.54 Å². The van der Waals surface area contributed by atoms with Crippen molar-refractivity contribution in [1.82, 2.24) is 0 Å². The van der Waals surface area contributed by atoms with E-state index in [1.54, 1.807) is 0 Å². The molecule has 0 radical (unpaired) electrons. The second kappa shape index (κ2) is 7.23. The van der Waals surface area contributed by atoms with Gasteiger partial charge >= 0.3 is 0 Å². The molecule has 0 unspecified atom stereocenters. The van der Waals surface area contributed by atoms with Crippen LogP contribution in [0.15, 0.2) is 24.3 Å². The minimum Gasteiger partial charge on any atom is -0.330 e. The molecule has 2 N–H and O–H groups in total. The monoisotopic (exact) mass is 233 g/mol. The van der Waals surface area contributed by atoms with E-state index in [0.29, 0.717) is 18.9 Å². The predicted molar refractivity (Wildman–Crippen MR) is 72.2 cm³/mol. The van der Waals surface area contributed by atoms with E-state index >= 15 is 0 Å². The van der Waals surface area contributed by atoms with E-state index in [0.717, 1.165) is 30.4 Å². The summed E-state index contributed by atoms with van der Waals surface area (Å²) < 4.78 is 0. The van der Waals surface area contributed by atoms with Crippen LogP contribution in [-0.4, -0.2) is 12.3 Å². The second-order valence-electron chi connectivity index (χ2n) is 4.51. The molecule has 0 bridgehead atoms. The van der Waals surface area contributed by atoms with Gasteiger partial charge in [0, 0.05) is 12.0 Å². The van der Waals surface area contributed by atoms with Crippen LogP contribution in [0.2, 0.25) is 0 Å². The number of hydrogen-bond acceptors (Lipinski definition) is 2. The zero-order valence-corrected chi connectivity index (χ0v) is 10.9. The Balaban J connectivity index is 2.80. The van der Waals surface area contributed by atoms with Gasteiger partial charge in [0.25, 0.3) is 0 Å². The Hall–Kier alpha value is -1.15. The minimum atomic E-state index is 0.266. The number of benzene rings is 1. The second-order valence-corrected chi connectivity index (χ2v) is 4.51. The topological polar surface area (TPSA) is 43.1 Å². The fraction of sp³-hybridized carbons (Fsp3) is 0.533. The molecule has 0 heterocycles. The summed E-state index contributed by atoms with van der Waals surface area (Å²) >= 11 is 0. The van der Waals surface area contributed by atoms with Gasteiger partial charge in [-0.3, -0.25) is 4.79 Å². The maximum Gasteiger partial charge on any atom is 0.163 e. The number of rotatable bonds is 7. The molecule has 17 heavy (non-hydrogen) atoms. The summed E-state index contributed by atoms with van der Waals surface area (Å²) in [6.07, 6.45) is 3.59. The van der Waals surface area contributed by atoms with Gasteiger partial charge < -0.3 is 5.73 Å². The first kappa shape index (κ1) is 13.9. The van der Waals surface area contributed by atoms with Gasteiger partial charge in [0.1, 0.15) is 0 Å². The quantitative estimate of drug-likeness (QED) is 0.735. The molecule has 0 saturated carbocycles. The molecule has 0 amide bonds. The summed E-state index contributed by atoms with van der Waals surface area (Å²) in [7, 11) is 0. The molecule has 1 aromatic carbocycles. The third kappa shape index (κ3) is 3.97. The third-order valence-corrected chi connectivity index (χ3v) is 3.36. The zero-order chi connectivity index (χ0) is 12.7. The normalized spacial score (nSPS) is 10.8. The Morgan fingerprint density at radius 2 is 1.88 bits per heavy atom. The Morgan fingerprint density at radius 3 is 2.47 bits per heavy atom. The molecule has 0 fully saturated rings. The average molecular weight is 233 g/mol. The molecule has 0 atom stereocenters. The van der Waals surface area contributed by atoms with Crippen molar-refractivity contribution in [2.24, 2.45) is 11.7 Å². The van der Waals surface area contributed by atoms with Gasteiger partial charge in [-0.05, 0) is 24.4 Å². The molecular formula is C15H23NO. The first-order valence-corrected chi connectivity index (χ1v) is 6.54. The van der Waals surface area contributed by atoms with Crippen LogP contribution in [0.25, 0.3) is 0 Å². The first-order chi connectivity index (χ1) is 8.22. The molecule has 0 aromatic heterocycles. The lowest BCUT2D eigenvalue weighted by atomic mass is 9.91. The van der Waals surface area contributed by atoms with Gasteiger partial charge in [-0.25, -0.2) is 0 Å². The lowest BCUT2D eigenvalue weighted by Gasteiger charge is -2.13. The molecule has 1 rings (SSSR count). The Morgan fingerprint density at radius 1 is 1.24 bits per heavy atom. The van der Waals surface area contributed by atoms with Gasteiger partial charge in [0.05, 0.1) is 0 Å². The molecule has 0 aliphatic rings. The summed E-state index contributed by atoms with van der Waals surface area (Å²) in [5, 5.41) is 0. The lowest BCUT2D eigenvalue weighted by Crippen LogP contribution is -2.12. The van der Waals surface area contributed by atoms with Gasteiger partial charge in [-0.2, -0.15) is 0 Å². The van der Waals surface area contributed by atoms with Crippen LogP contribution in [-0.2, 0) is 6.42 Å². The third-order valence-electron chi connectivity index (χ3n) is 3.36. The van der Waals surface area contributed by atoms with Crippen LogP contribution in [0, 0.1) is 5.92 Å². The van der Waals surface area contributed by atoms with E-state index in [1.165, 1.54) is 0 Å². The number of ketones is 1. The standard InChI is InChI=1S/C15H23NO/c1-3-12(4-2)11-15(17)14-8-6-5-7-13(14)9-10-16/h5-8,12H,3-4,9-11,16H2,1-2H3. The van der Waals surface area contributed by atoms with Crippen LogP contribution < -0.4 is 5.73 Å². The van der Waals surface area contributed by atoms with E-state index in [2.05, 4.69) is 13.8 Å². The zero-order valence-electron chi connectivity index (χ0n) is 10.9. The SMILES string of the molecule is CCC(CC)CC(=O)c1ccccc1CCN. The van der Waals surface area contributed by atoms with Crippen LogP contribution in [0.4, 0.5) is 0 Å². The molecule has 1 aromatic rings. The van der Waals surface area contributed by atoms with E-state index in [-0.39, 0.29) is 5.78 Å². The molecule has 0 spiro atoms. The molecule has 2 heteroatoms. The average Bonchev–Trinajstić information content (AvgIpc) is 2.36. The predicted octanol–water partition coefficient (Wildman–Crippen LogP) is 3.20. The Kier molecular flexibility index (Phi) is 5.92. The summed E-state index contributed by atoms with van der Waals surface area (Å²) in [5.41, 5.74) is 7.53. The van der Waals surface area contributed by atoms with Gasteiger partial charge in [-0.1, -0.05) is 51.0 Å². The largest absolute Gasteiger partial charge is 0.330 e. The smallest absolute Gasteiger partial charge is 0.163 e. The summed E-state index contributed by atoms with van der Waals surface area (Å²) in [6, 6.07) is 7.84. The van der Waals surface area contributed by atoms with E-state index in [4.69, 9.17) is 5.73 Å². The molecule has 0 aliphatic carbocycles. The summed E-state index contributed by atoms with van der Waals surface area (Å²) in [4.78, 5) is 12.2. The molecular weight excluding hydrogens is 210 g/mol. The van der Waals surface area contributed by atoms with Crippen molar-refractivity contribution in [3.8, 4) is 0 Å². The van der Waals surface area contributed by atoms with Gasteiger partial charge in [0.15, 0.2) is 5.78 Å². The van der Waals surface area contributed by atoms with Gasteiger partial charge in [-0.15, -0.1) is 0 Å². The number of carbonyl (C=O) groups is 1. The highest BCUT2D eigenvalue weighted by Gasteiger charge is 2.14. The van der Waals surface area contributed by atoms with Crippen molar-refractivity contribution < 1.29 is 4.79 Å². The summed E-state index contributed by atoms with van der Waals surface area (Å²) in [6.45, 7) is 4.88. The lowest BCUT2D eigenvalue weighted by molar-refractivity contribution is 0.0958. The van der Waals surface area contributed by atoms with E-state index in [9.17, 15) is 4.79 Å². The maximum atomic E-state index is 12.2. The van der Waals surface area contributed by atoms with Crippen LogP contribution >= 0.6 is 0 Å². The van der Waals surface area contributed by atoms with Crippen molar-refractivity contribution in [1.29, 1.82) is 0 Å². The number of hydrogen-bond donors (Lipinski definition) is 1. The molecule has 0 saturated heterocycles. The minimum absolute atomic E-state index is 0.266. The van der Waals surface area contributed by atoms with Crippen molar-refractivity contribution in [3.63, 3.8) is 0 Å². The van der Waals surface area contributed by atoms with Crippen molar-refractivity contribution >= 4 is 5.78 Å². The molecule has 0 aliphatic heterocycles. The van der Waals surface area contributed by atoms with Crippen LogP contribution in [0.1, 0.15) is 49.0 Å². The molecule has 2 nitrogen and oxygen atoms in total. The Labute approximate surface area is 104 Å².